The monoisotopic (exact) mass is 594 g/mol. The fourth-order valence-electron chi connectivity index (χ4n) is 7.94. The number of carbonyl (C=O) groups is 3. The first kappa shape index (κ1) is 31.3. The molecule has 5 aliphatic rings. The van der Waals surface area contributed by atoms with Gasteiger partial charge in [0.1, 0.15) is 12.1 Å². The van der Waals surface area contributed by atoms with Crippen molar-refractivity contribution in [1.82, 2.24) is 15.5 Å². The number of amides is 3. The van der Waals surface area contributed by atoms with Crippen LogP contribution in [0.3, 0.4) is 0 Å². The van der Waals surface area contributed by atoms with Crippen molar-refractivity contribution in [2.45, 2.75) is 102 Å². The van der Waals surface area contributed by atoms with Crippen molar-refractivity contribution in [3.63, 3.8) is 0 Å². The number of nitrogens with zero attached hydrogens (tertiary/aromatic N) is 2. The first-order valence-corrected chi connectivity index (χ1v) is 15.7. The Kier molecular flexibility index (Phi) is 9.09. The topological polar surface area (TPSA) is 161 Å². The summed E-state index contributed by atoms with van der Waals surface area (Å²) in [5, 5.41) is 6.00. The Hall–Kier alpha value is -3.12. The van der Waals surface area contributed by atoms with Gasteiger partial charge in [0.2, 0.25) is 17.7 Å². The molecule has 7 atom stereocenters. The second-order valence-electron chi connectivity index (χ2n) is 13.5. The Morgan fingerprint density at radius 2 is 1.88 bits per heavy atom. The van der Waals surface area contributed by atoms with Crippen LogP contribution >= 0.6 is 0 Å². The van der Waals surface area contributed by atoms with Crippen molar-refractivity contribution in [1.29, 1.82) is 0 Å². The lowest BCUT2D eigenvalue weighted by molar-refractivity contribution is -0.199. The third-order valence-electron chi connectivity index (χ3n) is 10.4. The van der Waals surface area contributed by atoms with E-state index in [-0.39, 0.29) is 35.2 Å². The number of hydrogen-bond acceptors (Lipinski definition) is 6. The maximum Gasteiger partial charge on any atom is 0.481 e. The van der Waals surface area contributed by atoms with Crippen LogP contribution in [0.4, 0.5) is 0 Å². The zero-order valence-corrected chi connectivity index (χ0v) is 25.9. The van der Waals surface area contributed by atoms with Gasteiger partial charge in [0.25, 0.3) is 0 Å². The van der Waals surface area contributed by atoms with Crippen molar-refractivity contribution >= 4 is 30.8 Å². The molecule has 12 heteroatoms. The van der Waals surface area contributed by atoms with E-state index in [9.17, 15) is 14.4 Å². The van der Waals surface area contributed by atoms with Crippen LogP contribution in [-0.4, -0.2) is 78.5 Å². The highest BCUT2D eigenvalue weighted by Crippen LogP contribution is 2.65. The maximum atomic E-state index is 13.9. The molecule has 2 heterocycles. The molecule has 0 radical (unpaired) electrons. The summed E-state index contributed by atoms with van der Waals surface area (Å²) in [7, 11) is -0.607. The molecule has 2 bridgehead atoms. The van der Waals surface area contributed by atoms with Crippen molar-refractivity contribution in [3.8, 4) is 0 Å². The van der Waals surface area contributed by atoms with Crippen molar-refractivity contribution in [2.75, 3.05) is 13.1 Å². The average Bonchev–Trinajstić information content (AvgIpc) is 3.58. The van der Waals surface area contributed by atoms with Gasteiger partial charge in [0, 0.05) is 26.4 Å². The summed E-state index contributed by atoms with van der Waals surface area (Å²) in [4.78, 5) is 45.4. The zero-order chi connectivity index (χ0) is 30.9. The molecule has 2 aliphatic heterocycles. The predicted octanol–water partition coefficient (Wildman–Crippen LogP) is 1.53. The number of nitrogens with one attached hydrogen (secondary N) is 2. The molecule has 1 aromatic carbocycles. The van der Waals surface area contributed by atoms with E-state index >= 15 is 0 Å². The summed E-state index contributed by atoms with van der Waals surface area (Å²) in [5.74, 6) is -0.188. The van der Waals surface area contributed by atoms with E-state index in [1.807, 2.05) is 30.3 Å². The van der Waals surface area contributed by atoms with E-state index in [4.69, 9.17) is 20.8 Å². The van der Waals surface area contributed by atoms with Crippen LogP contribution < -0.4 is 22.1 Å². The standard InChI is InChI=1S/C31H47BN6O5/c1-19(39)36-22(16-20-10-6-5-7-11-20)28(41)38-15-9-12-23(38)27(40)37-26(13-8-14-35-29(33)34)32-42-25-18-21-17-24(30(21,2)3)31(25,4)43-32/h5-7,10-11,21-26H,8-9,12-18H2,1-4H3,(H,36,39)(H,37,40)(H4,33,34,35)/t21-,22+,23-,24-,25+,26-,31-/m0/s1. The second-order valence-corrected chi connectivity index (χ2v) is 13.5. The van der Waals surface area contributed by atoms with Crippen molar-refractivity contribution < 1.29 is 23.7 Å². The van der Waals surface area contributed by atoms with Gasteiger partial charge in [-0.2, -0.15) is 0 Å². The predicted molar refractivity (Wildman–Crippen MR) is 164 cm³/mol. The summed E-state index contributed by atoms with van der Waals surface area (Å²) in [6.07, 6.45) is 4.83. The molecule has 234 valence electrons. The van der Waals surface area contributed by atoms with E-state index in [0.717, 1.165) is 18.4 Å². The van der Waals surface area contributed by atoms with Crippen molar-refractivity contribution in [3.05, 3.63) is 35.9 Å². The van der Waals surface area contributed by atoms with Gasteiger partial charge in [-0.1, -0.05) is 44.2 Å². The number of carbonyl (C=O) groups excluding carboxylic acids is 3. The van der Waals surface area contributed by atoms with Gasteiger partial charge in [-0.25, -0.2) is 0 Å². The van der Waals surface area contributed by atoms with Crippen LogP contribution in [0.15, 0.2) is 35.3 Å². The summed E-state index contributed by atoms with van der Waals surface area (Å²) in [5.41, 5.74) is 11.8. The van der Waals surface area contributed by atoms with Gasteiger partial charge < -0.3 is 36.3 Å². The van der Waals surface area contributed by atoms with Gasteiger partial charge in [0.05, 0.1) is 17.6 Å². The first-order chi connectivity index (χ1) is 20.4. The van der Waals surface area contributed by atoms with Crippen LogP contribution in [0.2, 0.25) is 0 Å². The molecule has 0 unspecified atom stereocenters. The van der Waals surface area contributed by atoms with Crippen LogP contribution in [-0.2, 0) is 30.1 Å². The number of guanidine groups is 1. The average molecular weight is 595 g/mol. The number of hydrogen-bond donors (Lipinski definition) is 4. The third kappa shape index (κ3) is 6.40. The van der Waals surface area contributed by atoms with Crippen molar-refractivity contribution in [2.24, 2.45) is 33.7 Å². The van der Waals surface area contributed by atoms with Gasteiger partial charge in [-0.15, -0.1) is 0 Å². The van der Waals surface area contributed by atoms with Crippen LogP contribution in [0.1, 0.15) is 71.8 Å². The summed E-state index contributed by atoms with van der Waals surface area (Å²) >= 11 is 0. The lowest BCUT2D eigenvalue weighted by atomic mass is 9.43. The number of likely N-dealkylation sites (tertiary alicyclic amines) is 1. The lowest BCUT2D eigenvalue weighted by Gasteiger charge is -2.64. The minimum absolute atomic E-state index is 0.0210. The minimum atomic E-state index is -0.761. The molecule has 43 heavy (non-hydrogen) atoms. The van der Waals surface area contributed by atoms with Gasteiger partial charge >= 0.3 is 7.12 Å². The third-order valence-corrected chi connectivity index (χ3v) is 10.4. The molecule has 11 nitrogen and oxygen atoms in total. The van der Waals surface area contributed by atoms with Crippen LogP contribution in [0, 0.1) is 17.3 Å². The first-order valence-electron chi connectivity index (χ1n) is 15.7. The SMILES string of the molecule is CC(=O)N[C@H](Cc1ccccc1)C(=O)N1CCC[C@H]1C(=O)N[C@@H](CCCN=C(N)N)B1O[C@@H]2C[C@@H]3C[C@@H](C3(C)C)[C@]2(C)O1. The van der Waals surface area contributed by atoms with Crippen LogP contribution in [0.5, 0.6) is 0 Å². The summed E-state index contributed by atoms with van der Waals surface area (Å²) in [6, 6.07) is 8.15. The highest BCUT2D eigenvalue weighted by Gasteiger charge is 2.68. The smallest absolute Gasteiger partial charge is 0.404 e. The quantitative estimate of drug-likeness (QED) is 0.131. The molecular weight excluding hydrogens is 547 g/mol. The fourth-order valence-corrected chi connectivity index (χ4v) is 7.94. The van der Waals surface area contributed by atoms with E-state index in [1.54, 1.807) is 4.90 Å². The zero-order valence-electron chi connectivity index (χ0n) is 25.9. The number of aliphatic imine (C=N–C) groups is 1. The molecule has 3 aliphatic carbocycles. The minimum Gasteiger partial charge on any atom is -0.404 e. The number of nitrogens with two attached hydrogens (primary N) is 2. The maximum absolute atomic E-state index is 13.9. The highest BCUT2D eigenvalue weighted by atomic mass is 16.7. The Morgan fingerprint density at radius 3 is 2.56 bits per heavy atom. The number of rotatable bonds is 11. The lowest BCUT2D eigenvalue weighted by Crippen LogP contribution is -2.65. The largest absolute Gasteiger partial charge is 0.481 e. The molecule has 2 saturated heterocycles. The van der Waals surface area contributed by atoms with E-state index < -0.39 is 30.7 Å². The molecule has 6 rings (SSSR count). The normalized spacial score (nSPS) is 30.0. The molecule has 5 fully saturated rings. The molecule has 0 aromatic heterocycles. The molecule has 3 saturated carbocycles. The molecule has 3 amide bonds. The van der Waals surface area contributed by atoms with Gasteiger partial charge in [-0.05, 0) is 68.3 Å². The molecular formula is C31H47BN6O5. The Morgan fingerprint density at radius 1 is 1.14 bits per heavy atom. The molecule has 6 N–H and O–H groups in total. The highest BCUT2D eigenvalue weighted by molar-refractivity contribution is 6.47. The Bertz CT molecular complexity index is 1230. The second kappa shape index (κ2) is 12.5. The van der Waals surface area contributed by atoms with Gasteiger partial charge in [0.15, 0.2) is 5.96 Å². The summed E-state index contributed by atoms with van der Waals surface area (Å²) < 4.78 is 13.3. The molecule has 0 spiro atoms. The Balaban J connectivity index is 1.29. The summed E-state index contributed by atoms with van der Waals surface area (Å²) in [6.45, 7) is 9.06. The van der Waals surface area contributed by atoms with E-state index in [0.29, 0.717) is 57.0 Å². The molecule has 1 aromatic rings. The van der Waals surface area contributed by atoms with E-state index in [2.05, 4.69) is 36.4 Å². The number of benzene rings is 1. The Labute approximate surface area is 255 Å². The fraction of sp³-hybridized carbons (Fsp3) is 0.677. The van der Waals surface area contributed by atoms with Crippen LogP contribution in [0.25, 0.3) is 0 Å². The van der Waals surface area contributed by atoms with E-state index in [1.165, 1.54) is 6.92 Å². The van der Waals surface area contributed by atoms with Gasteiger partial charge in [-0.3, -0.25) is 19.4 Å².